The minimum absolute atomic E-state index is 0.180. The predicted molar refractivity (Wildman–Crippen MR) is 107 cm³/mol. The van der Waals surface area contributed by atoms with Crippen molar-refractivity contribution in [2.24, 2.45) is 0 Å². The van der Waals surface area contributed by atoms with Gasteiger partial charge >= 0.3 is 6.09 Å². The fourth-order valence-electron chi connectivity index (χ4n) is 3.10. The molecule has 31 heavy (non-hydrogen) atoms. The summed E-state index contributed by atoms with van der Waals surface area (Å²) < 4.78 is 19.7. The van der Waals surface area contributed by atoms with E-state index < -0.39 is 22.5 Å². The van der Waals surface area contributed by atoms with Crippen LogP contribution in [0.1, 0.15) is 18.4 Å². The highest BCUT2D eigenvalue weighted by molar-refractivity contribution is 5.92. The van der Waals surface area contributed by atoms with Gasteiger partial charge in [0.05, 0.1) is 11.0 Å². The third kappa shape index (κ3) is 5.75. The number of nitrogens with one attached hydrogen (secondary N) is 1. The molecule has 0 saturated carbocycles. The van der Waals surface area contributed by atoms with Gasteiger partial charge in [0.15, 0.2) is 11.6 Å². The van der Waals surface area contributed by atoms with Crippen molar-refractivity contribution in [3.8, 4) is 11.5 Å². The average molecular weight is 430 g/mol. The van der Waals surface area contributed by atoms with Gasteiger partial charge in [0.1, 0.15) is 5.75 Å². The second-order valence-electron chi connectivity index (χ2n) is 6.77. The smallest absolute Gasteiger partial charge is 0.404 e. The zero-order chi connectivity index (χ0) is 22.4. The quantitative estimate of drug-likeness (QED) is 0.408. The van der Waals surface area contributed by atoms with Crippen LogP contribution in [-0.4, -0.2) is 51.0 Å². The number of likely N-dealkylation sites (tertiary alicyclic amines) is 1. The highest BCUT2D eigenvalue weighted by Gasteiger charge is 2.22. The predicted octanol–water partition coefficient (Wildman–Crippen LogP) is 3.19. The van der Waals surface area contributed by atoms with E-state index >= 15 is 0 Å². The van der Waals surface area contributed by atoms with Gasteiger partial charge in [-0.3, -0.25) is 19.9 Å². The molecule has 1 aliphatic heterocycles. The second kappa shape index (κ2) is 9.65. The van der Waals surface area contributed by atoms with Gasteiger partial charge < -0.3 is 20.1 Å². The first-order valence-corrected chi connectivity index (χ1v) is 9.35. The van der Waals surface area contributed by atoms with Crippen molar-refractivity contribution in [2.45, 2.75) is 18.9 Å². The number of nitro groups is 1. The van der Waals surface area contributed by atoms with Crippen LogP contribution in [0, 0.1) is 15.9 Å². The van der Waals surface area contributed by atoms with E-state index in [0.717, 1.165) is 18.2 Å². The molecule has 0 atom stereocenters. The number of halogens is 1. The normalized spacial score (nSPS) is 14.4. The maximum atomic E-state index is 14.1. The van der Waals surface area contributed by atoms with E-state index in [1.54, 1.807) is 4.90 Å². The average Bonchev–Trinajstić information content (AvgIpc) is 2.74. The zero-order valence-electron chi connectivity index (χ0n) is 16.2. The Morgan fingerprint density at radius 3 is 2.68 bits per heavy atom. The number of carboxylic acid groups (broad SMARTS) is 1. The van der Waals surface area contributed by atoms with Crippen LogP contribution in [-0.2, 0) is 4.79 Å². The molecule has 1 aliphatic rings. The third-order valence-electron chi connectivity index (χ3n) is 4.70. The van der Waals surface area contributed by atoms with Gasteiger partial charge in [0.2, 0.25) is 5.91 Å². The number of hydrogen-bond acceptors (Lipinski definition) is 6. The number of carbonyl (C=O) groups excluding carboxylic acids is 1. The van der Waals surface area contributed by atoms with Crippen molar-refractivity contribution in [3.05, 3.63) is 64.2 Å². The van der Waals surface area contributed by atoms with Gasteiger partial charge in [0, 0.05) is 49.2 Å². The number of carbonyl (C=O) groups is 2. The molecule has 162 valence electrons. The van der Waals surface area contributed by atoms with Crippen LogP contribution in [0.3, 0.4) is 0 Å². The number of non-ortho nitro benzene ring substituents is 1. The maximum absolute atomic E-state index is 14.1. The molecule has 10 nitrogen and oxygen atoms in total. The minimum Gasteiger partial charge on any atom is -0.465 e. The molecule has 0 bridgehead atoms. The Balaban J connectivity index is 1.67. The molecule has 2 N–H and O–H groups in total. The Bertz CT molecular complexity index is 1020. The summed E-state index contributed by atoms with van der Waals surface area (Å²) in [4.78, 5) is 38.7. The first-order valence-electron chi connectivity index (χ1n) is 9.35. The SMILES string of the molecule is O=C(O)NC1CCN(C(=O)/C=C/c2cnccc2Oc2ccc([N+](=O)[O-])cc2F)CC1. The number of benzene rings is 1. The lowest BCUT2D eigenvalue weighted by Crippen LogP contribution is -2.45. The van der Waals surface area contributed by atoms with Crippen molar-refractivity contribution in [1.82, 2.24) is 15.2 Å². The number of aromatic nitrogens is 1. The van der Waals surface area contributed by atoms with E-state index in [-0.39, 0.29) is 23.4 Å². The third-order valence-corrected chi connectivity index (χ3v) is 4.70. The number of pyridine rings is 1. The molecule has 0 radical (unpaired) electrons. The number of piperidine rings is 1. The fraction of sp³-hybridized carbons (Fsp3) is 0.250. The summed E-state index contributed by atoms with van der Waals surface area (Å²) in [6.07, 6.45) is 5.64. The van der Waals surface area contributed by atoms with Crippen molar-refractivity contribution in [3.63, 3.8) is 0 Å². The van der Waals surface area contributed by atoms with Gasteiger partial charge in [0.25, 0.3) is 5.69 Å². The number of amides is 2. The van der Waals surface area contributed by atoms with E-state index in [0.29, 0.717) is 31.5 Å². The Morgan fingerprint density at radius 2 is 2.03 bits per heavy atom. The molecule has 1 fully saturated rings. The van der Waals surface area contributed by atoms with Crippen LogP contribution in [0.2, 0.25) is 0 Å². The largest absolute Gasteiger partial charge is 0.465 e. The van der Waals surface area contributed by atoms with Gasteiger partial charge in [-0.15, -0.1) is 0 Å². The number of ether oxygens (including phenoxy) is 1. The minimum atomic E-state index is -1.08. The first kappa shape index (κ1) is 21.7. The van der Waals surface area contributed by atoms with Crippen LogP contribution in [0.4, 0.5) is 14.9 Å². The lowest BCUT2D eigenvalue weighted by atomic mass is 10.1. The van der Waals surface area contributed by atoms with E-state index in [2.05, 4.69) is 10.3 Å². The summed E-state index contributed by atoms with van der Waals surface area (Å²) in [6.45, 7) is 0.830. The highest BCUT2D eigenvalue weighted by Crippen LogP contribution is 2.29. The number of hydrogen-bond donors (Lipinski definition) is 2. The highest BCUT2D eigenvalue weighted by atomic mass is 19.1. The molecule has 1 aromatic heterocycles. The molecule has 3 rings (SSSR count). The molecule has 0 aliphatic carbocycles. The number of nitro benzene ring substituents is 1. The van der Waals surface area contributed by atoms with Crippen molar-refractivity contribution in [2.75, 3.05) is 13.1 Å². The molecule has 11 heteroatoms. The van der Waals surface area contributed by atoms with Crippen LogP contribution < -0.4 is 10.1 Å². The fourth-order valence-corrected chi connectivity index (χ4v) is 3.10. The molecular weight excluding hydrogens is 411 g/mol. The Hall–Kier alpha value is -4.02. The summed E-state index contributed by atoms with van der Waals surface area (Å²) in [5, 5.41) is 21.9. The summed E-state index contributed by atoms with van der Waals surface area (Å²) in [5.41, 5.74) is 0.0173. The molecular formula is C20H19FN4O6. The first-order chi connectivity index (χ1) is 14.8. The van der Waals surface area contributed by atoms with Gasteiger partial charge in [-0.05, 0) is 31.1 Å². The topological polar surface area (TPSA) is 135 Å². The van der Waals surface area contributed by atoms with Crippen molar-refractivity contribution < 1.29 is 28.7 Å². The van der Waals surface area contributed by atoms with Gasteiger partial charge in [-0.2, -0.15) is 0 Å². The van der Waals surface area contributed by atoms with Crippen LogP contribution in [0.25, 0.3) is 6.08 Å². The number of rotatable bonds is 6. The standard InChI is InChI=1S/C20H19FN4O6/c21-16-11-15(25(29)30)2-3-18(16)31-17-5-8-22-12-13(17)1-4-19(26)24-9-6-14(7-10-24)23-20(27)28/h1-5,8,11-12,14,23H,6-7,9-10H2,(H,27,28)/b4-1+. The molecule has 2 aromatic rings. The lowest BCUT2D eigenvalue weighted by Gasteiger charge is -2.31. The van der Waals surface area contributed by atoms with Crippen LogP contribution in [0.15, 0.2) is 42.7 Å². The molecule has 1 aromatic carbocycles. The summed E-state index contributed by atoms with van der Waals surface area (Å²) in [7, 11) is 0. The maximum Gasteiger partial charge on any atom is 0.404 e. The van der Waals surface area contributed by atoms with Gasteiger partial charge in [-0.1, -0.05) is 0 Å². The summed E-state index contributed by atoms with van der Waals surface area (Å²) in [6, 6.07) is 4.34. The molecule has 1 saturated heterocycles. The summed E-state index contributed by atoms with van der Waals surface area (Å²) >= 11 is 0. The Labute approximate surface area is 176 Å². The van der Waals surface area contributed by atoms with Crippen LogP contribution in [0.5, 0.6) is 11.5 Å². The zero-order valence-corrected chi connectivity index (χ0v) is 16.2. The van der Waals surface area contributed by atoms with E-state index in [4.69, 9.17) is 9.84 Å². The van der Waals surface area contributed by atoms with Crippen molar-refractivity contribution >= 4 is 23.8 Å². The second-order valence-corrected chi connectivity index (χ2v) is 6.77. The van der Waals surface area contributed by atoms with Crippen molar-refractivity contribution in [1.29, 1.82) is 0 Å². The molecule has 0 unspecified atom stereocenters. The summed E-state index contributed by atoms with van der Waals surface area (Å²) in [5.74, 6) is -1.14. The van der Waals surface area contributed by atoms with E-state index in [1.807, 2.05) is 0 Å². The van der Waals surface area contributed by atoms with E-state index in [1.165, 1.54) is 30.6 Å². The van der Waals surface area contributed by atoms with E-state index in [9.17, 15) is 24.1 Å². The Kier molecular flexibility index (Phi) is 6.75. The monoisotopic (exact) mass is 430 g/mol. The number of nitrogens with zero attached hydrogens (tertiary/aromatic N) is 3. The lowest BCUT2D eigenvalue weighted by molar-refractivity contribution is -0.385. The van der Waals surface area contributed by atoms with Gasteiger partial charge in [-0.25, -0.2) is 9.18 Å². The van der Waals surface area contributed by atoms with Crippen LogP contribution >= 0.6 is 0 Å². The molecule has 2 heterocycles. The molecule has 2 amide bonds. The Morgan fingerprint density at radius 1 is 1.29 bits per heavy atom. The molecule has 0 spiro atoms.